The first-order valence-electron chi connectivity index (χ1n) is 8.28. The van der Waals surface area contributed by atoms with Crippen LogP contribution in [0.4, 0.5) is 0 Å². The van der Waals surface area contributed by atoms with Crippen LogP contribution in [-0.4, -0.2) is 20.1 Å². The van der Waals surface area contributed by atoms with Crippen molar-refractivity contribution in [3.8, 4) is 11.4 Å². The summed E-state index contributed by atoms with van der Waals surface area (Å²) in [5, 5.41) is 19.5. The Labute approximate surface area is 143 Å². The zero-order valence-corrected chi connectivity index (χ0v) is 15.3. The summed E-state index contributed by atoms with van der Waals surface area (Å²) in [4.78, 5) is 0. The molecule has 0 spiro atoms. The number of para-hydroxylation sites is 1. The van der Waals surface area contributed by atoms with Crippen molar-refractivity contribution in [3.63, 3.8) is 0 Å². The quantitative estimate of drug-likeness (QED) is 0.705. The molecule has 1 aromatic heterocycles. The number of fused-ring (bicyclic) bond motifs is 1. The summed E-state index contributed by atoms with van der Waals surface area (Å²) in [6.45, 7) is 12.9. The second-order valence-corrected chi connectivity index (χ2v) is 8.38. The highest BCUT2D eigenvalue weighted by Gasteiger charge is 2.26. The monoisotopic (exact) mass is 323 g/mol. The van der Waals surface area contributed by atoms with E-state index in [2.05, 4.69) is 57.9 Å². The molecule has 0 aliphatic carbocycles. The lowest BCUT2D eigenvalue weighted by molar-refractivity contribution is 0.440. The number of benzene rings is 2. The number of rotatable bonds is 1. The van der Waals surface area contributed by atoms with Crippen molar-refractivity contribution in [1.82, 2.24) is 15.0 Å². The molecule has 1 N–H and O–H groups in total. The van der Waals surface area contributed by atoms with E-state index in [0.29, 0.717) is 5.69 Å². The van der Waals surface area contributed by atoms with E-state index in [-0.39, 0.29) is 16.6 Å². The average Bonchev–Trinajstić information content (AvgIpc) is 2.89. The Morgan fingerprint density at radius 1 is 0.917 bits per heavy atom. The van der Waals surface area contributed by atoms with Crippen LogP contribution < -0.4 is 0 Å². The number of aromatic hydroxyl groups is 1. The summed E-state index contributed by atoms with van der Waals surface area (Å²) in [7, 11) is 0. The highest BCUT2D eigenvalue weighted by Crippen LogP contribution is 2.39. The van der Waals surface area contributed by atoms with E-state index in [1.165, 1.54) is 5.56 Å². The number of phenolic OH excluding ortho intramolecular Hbond substituents is 1. The molecule has 0 fully saturated rings. The molecule has 3 aromatic rings. The molecular weight excluding hydrogens is 298 g/mol. The summed E-state index contributed by atoms with van der Waals surface area (Å²) in [5.41, 5.74) is 4.27. The molecule has 0 saturated heterocycles. The molecule has 4 heteroatoms. The third-order valence-electron chi connectivity index (χ3n) is 4.34. The highest BCUT2D eigenvalue weighted by atomic mass is 16.3. The number of hydrogen-bond donors (Lipinski definition) is 1. The third-order valence-corrected chi connectivity index (χ3v) is 4.34. The Balaban J connectivity index is 2.35. The summed E-state index contributed by atoms with van der Waals surface area (Å²) in [5.74, 6) is 0.270. The summed E-state index contributed by atoms with van der Waals surface area (Å²) in [6, 6.07) is 11.9. The van der Waals surface area contributed by atoms with Gasteiger partial charge in [-0.1, -0.05) is 65.0 Å². The van der Waals surface area contributed by atoms with E-state index < -0.39 is 0 Å². The molecule has 0 unspecified atom stereocenters. The minimum Gasteiger partial charge on any atom is -0.505 e. The lowest BCUT2D eigenvalue weighted by atomic mass is 9.79. The number of hydrogen-bond acceptors (Lipinski definition) is 3. The molecule has 0 amide bonds. The van der Waals surface area contributed by atoms with Crippen molar-refractivity contribution < 1.29 is 5.11 Å². The Morgan fingerprint density at radius 2 is 1.58 bits per heavy atom. The molecule has 0 atom stereocenters. The number of aromatic nitrogens is 3. The molecule has 1 heterocycles. The summed E-state index contributed by atoms with van der Waals surface area (Å²) >= 11 is 0. The van der Waals surface area contributed by atoms with Crippen molar-refractivity contribution in [3.05, 3.63) is 47.5 Å². The maximum absolute atomic E-state index is 11.0. The summed E-state index contributed by atoms with van der Waals surface area (Å²) < 4.78 is 1.73. The largest absolute Gasteiger partial charge is 0.505 e. The maximum atomic E-state index is 11.0. The van der Waals surface area contributed by atoms with Crippen LogP contribution >= 0.6 is 0 Å². The topological polar surface area (TPSA) is 50.9 Å². The van der Waals surface area contributed by atoms with Gasteiger partial charge in [-0.05, 0) is 34.6 Å². The van der Waals surface area contributed by atoms with Gasteiger partial charge < -0.3 is 5.11 Å². The molecule has 0 saturated carbocycles. The Morgan fingerprint density at radius 3 is 2.21 bits per heavy atom. The molecule has 0 aliphatic heterocycles. The lowest BCUT2D eigenvalue weighted by Crippen LogP contribution is -2.18. The first-order chi connectivity index (χ1) is 11.1. The first-order valence-corrected chi connectivity index (χ1v) is 8.28. The number of phenols is 1. The fraction of sp³-hybridized carbons (Fsp3) is 0.400. The van der Waals surface area contributed by atoms with Gasteiger partial charge in [-0.2, -0.15) is 0 Å². The van der Waals surface area contributed by atoms with Crippen LogP contribution in [0.2, 0.25) is 0 Å². The van der Waals surface area contributed by atoms with Crippen LogP contribution in [0.5, 0.6) is 5.75 Å². The second kappa shape index (κ2) is 5.33. The van der Waals surface area contributed by atoms with Crippen LogP contribution in [0, 0.1) is 0 Å². The van der Waals surface area contributed by atoms with Gasteiger partial charge in [-0.3, -0.25) is 0 Å². The Bertz CT molecular complexity index is 895. The molecule has 0 radical (unpaired) electrons. The van der Waals surface area contributed by atoms with Gasteiger partial charge in [0.25, 0.3) is 0 Å². The Kier molecular flexibility index (Phi) is 3.67. The smallest absolute Gasteiger partial charge is 0.145 e. The molecule has 3 rings (SSSR count). The van der Waals surface area contributed by atoms with Crippen molar-refractivity contribution in [2.75, 3.05) is 0 Å². The minimum atomic E-state index is -0.170. The van der Waals surface area contributed by atoms with Crippen LogP contribution in [0.3, 0.4) is 0 Å². The normalized spacial score (nSPS) is 12.8. The second-order valence-electron chi connectivity index (χ2n) is 8.38. The zero-order valence-electron chi connectivity index (χ0n) is 15.3. The molecule has 24 heavy (non-hydrogen) atoms. The van der Waals surface area contributed by atoms with Gasteiger partial charge in [0.1, 0.15) is 17.0 Å². The zero-order chi connectivity index (χ0) is 17.7. The van der Waals surface area contributed by atoms with E-state index in [4.69, 9.17) is 0 Å². The van der Waals surface area contributed by atoms with E-state index in [1.54, 1.807) is 4.68 Å². The number of nitrogens with zero attached hydrogens (tertiary/aromatic N) is 3. The van der Waals surface area contributed by atoms with Gasteiger partial charge in [-0.15, -0.1) is 5.10 Å². The van der Waals surface area contributed by atoms with E-state index >= 15 is 0 Å². The molecule has 2 aromatic carbocycles. The third kappa shape index (κ3) is 2.77. The van der Waals surface area contributed by atoms with E-state index in [9.17, 15) is 5.11 Å². The van der Waals surface area contributed by atoms with Gasteiger partial charge >= 0.3 is 0 Å². The van der Waals surface area contributed by atoms with Gasteiger partial charge in [0, 0.05) is 5.56 Å². The van der Waals surface area contributed by atoms with Crippen LogP contribution in [-0.2, 0) is 10.8 Å². The average molecular weight is 323 g/mol. The first kappa shape index (κ1) is 16.5. The summed E-state index contributed by atoms with van der Waals surface area (Å²) in [6.07, 6.45) is 0. The highest BCUT2D eigenvalue weighted by molar-refractivity contribution is 5.77. The lowest BCUT2D eigenvalue weighted by Gasteiger charge is -2.27. The SMILES string of the molecule is CC(C)(C)c1cc(-n2nnc3ccccc32)c(O)c(C(C)(C)C)c1. The van der Waals surface area contributed by atoms with Gasteiger partial charge in [0.15, 0.2) is 0 Å². The Hall–Kier alpha value is -2.36. The van der Waals surface area contributed by atoms with Crippen molar-refractivity contribution in [1.29, 1.82) is 0 Å². The minimum absolute atomic E-state index is 0.0289. The van der Waals surface area contributed by atoms with Crippen LogP contribution in [0.15, 0.2) is 36.4 Å². The predicted molar refractivity (Wildman–Crippen MR) is 97.9 cm³/mol. The fourth-order valence-corrected chi connectivity index (χ4v) is 2.83. The van der Waals surface area contributed by atoms with Crippen molar-refractivity contribution >= 4 is 11.0 Å². The maximum Gasteiger partial charge on any atom is 0.145 e. The van der Waals surface area contributed by atoms with Crippen molar-refractivity contribution in [2.45, 2.75) is 52.4 Å². The van der Waals surface area contributed by atoms with Gasteiger partial charge in [0.2, 0.25) is 0 Å². The van der Waals surface area contributed by atoms with Gasteiger partial charge in [-0.25, -0.2) is 4.68 Å². The van der Waals surface area contributed by atoms with E-state index in [1.807, 2.05) is 30.3 Å². The predicted octanol–water partition coefficient (Wildman–Crippen LogP) is 4.72. The standard InChI is InChI=1S/C20H25N3O/c1-19(2,3)13-11-14(20(4,5)6)18(24)17(12-13)23-16-10-8-7-9-15(16)21-22-23/h7-12,24H,1-6H3. The molecule has 0 bridgehead atoms. The molecule has 4 nitrogen and oxygen atoms in total. The van der Waals surface area contributed by atoms with E-state index in [0.717, 1.165) is 16.6 Å². The van der Waals surface area contributed by atoms with Crippen LogP contribution in [0.1, 0.15) is 52.7 Å². The molecule has 126 valence electrons. The van der Waals surface area contributed by atoms with Gasteiger partial charge in [0.05, 0.1) is 5.52 Å². The fourth-order valence-electron chi connectivity index (χ4n) is 2.83. The molecule has 0 aliphatic rings. The molecular formula is C20H25N3O. The van der Waals surface area contributed by atoms with Crippen molar-refractivity contribution in [2.24, 2.45) is 0 Å². The van der Waals surface area contributed by atoms with Crippen LogP contribution in [0.25, 0.3) is 16.7 Å².